The fourth-order valence-electron chi connectivity index (χ4n) is 3.53. The van der Waals surface area contributed by atoms with Crippen LogP contribution in [-0.4, -0.2) is 41.7 Å². The normalized spacial score (nSPS) is 18.9. The largest absolute Gasteiger partial charge is 0.398 e. The Kier molecular flexibility index (Phi) is 5.56. The van der Waals surface area contributed by atoms with Crippen LogP contribution in [0.25, 0.3) is 5.70 Å². The number of fused-ring (bicyclic) bond motifs is 1. The third-order valence-corrected chi connectivity index (χ3v) is 5.13. The number of nitrogens with two attached hydrogens (primary N) is 1. The van der Waals surface area contributed by atoms with Crippen molar-refractivity contribution in [2.24, 2.45) is 15.7 Å². The van der Waals surface area contributed by atoms with Crippen molar-refractivity contribution in [2.75, 3.05) is 13.1 Å². The molecule has 1 saturated heterocycles. The van der Waals surface area contributed by atoms with E-state index in [0.717, 1.165) is 19.4 Å². The monoisotopic (exact) mass is 409 g/mol. The van der Waals surface area contributed by atoms with Crippen LogP contribution in [0.5, 0.6) is 0 Å². The number of hydrogen-bond acceptors (Lipinski definition) is 5. The van der Waals surface area contributed by atoms with E-state index in [9.17, 15) is 13.6 Å². The number of amidine groups is 1. The van der Waals surface area contributed by atoms with Gasteiger partial charge in [0.2, 0.25) is 5.96 Å². The minimum absolute atomic E-state index is 0.134. The Balaban J connectivity index is 1.61. The Morgan fingerprint density at radius 1 is 1.07 bits per heavy atom. The Bertz CT molecular complexity index is 1030. The molecule has 2 aromatic rings. The lowest BCUT2D eigenvalue weighted by Gasteiger charge is -2.25. The van der Waals surface area contributed by atoms with E-state index >= 15 is 0 Å². The van der Waals surface area contributed by atoms with E-state index in [1.54, 1.807) is 18.2 Å². The van der Waals surface area contributed by atoms with Crippen LogP contribution in [0.3, 0.4) is 0 Å². The maximum absolute atomic E-state index is 13.2. The number of nitrogens with one attached hydrogen (secondary N) is 1. The first-order chi connectivity index (χ1) is 14.5. The third-order valence-electron chi connectivity index (χ3n) is 5.13. The summed E-state index contributed by atoms with van der Waals surface area (Å²) in [7, 11) is 0. The topological polar surface area (TPSA) is 83.1 Å². The van der Waals surface area contributed by atoms with E-state index in [1.165, 1.54) is 36.4 Å². The zero-order chi connectivity index (χ0) is 21.1. The summed E-state index contributed by atoms with van der Waals surface area (Å²) in [5, 5.41) is 2.83. The van der Waals surface area contributed by atoms with Crippen LogP contribution in [0, 0.1) is 11.6 Å². The average molecular weight is 409 g/mol. The predicted molar refractivity (Wildman–Crippen MR) is 112 cm³/mol. The lowest BCUT2D eigenvalue weighted by molar-refractivity contribution is 0.0972. The molecule has 2 aliphatic heterocycles. The van der Waals surface area contributed by atoms with Gasteiger partial charge in [-0.2, -0.15) is 4.99 Å². The number of aliphatic imine (C=N–C) groups is 2. The molecule has 0 aromatic heterocycles. The van der Waals surface area contributed by atoms with Crippen LogP contribution in [0.2, 0.25) is 0 Å². The lowest BCUT2D eigenvalue weighted by atomic mass is 10.1. The maximum atomic E-state index is 13.2. The van der Waals surface area contributed by atoms with Gasteiger partial charge < -0.3 is 10.6 Å². The second-order valence-electron chi connectivity index (χ2n) is 7.19. The van der Waals surface area contributed by atoms with Gasteiger partial charge in [0, 0.05) is 23.9 Å². The zero-order valence-corrected chi connectivity index (χ0v) is 16.2. The lowest BCUT2D eigenvalue weighted by Crippen LogP contribution is -2.46. The van der Waals surface area contributed by atoms with Crippen molar-refractivity contribution in [1.29, 1.82) is 0 Å². The molecule has 0 bridgehead atoms. The van der Waals surface area contributed by atoms with Crippen molar-refractivity contribution in [3.8, 4) is 0 Å². The van der Waals surface area contributed by atoms with Gasteiger partial charge >= 0.3 is 0 Å². The number of carbonyl (C=O) groups is 1. The maximum Gasteiger partial charge on any atom is 0.257 e. The third kappa shape index (κ3) is 4.37. The number of nitrogens with zero attached hydrogens (tertiary/aromatic N) is 3. The fraction of sp³-hybridized carbons (Fsp3) is 0.227. The molecule has 1 amide bonds. The number of halogens is 2. The standard InChI is InChI=1S/C22H21F2N5O/c23-16-7-3-14(4-8-16)19(25)12-20-26-13-18-2-1-11-29(18)22(27-20)28-21(30)15-5-9-17(24)10-6-15/h3-10,12,18H,1-2,11,13,25H2,(H,26,27,28,30). The highest BCUT2D eigenvalue weighted by molar-refractivity contribution is 6.12. The van der Waals surface area contributed by atoms with Crippen LogP contribution in [0.15, 0.2) is 64.6 Å². The van der Waals surface area contributed by atoms with Crippen molar-refractivity contribution in [1.82, 2.24) is 10.2 Å². The second kappa shape index (κ2) is 8.44. The molecule has 1 fully saturated rings. The summed E-state index contributed by atoms with van der Waals surface area (Å²) in [6.45, 7) is 1.29. The molecule has 30 heavy (non-hydrogen) atoms. The molecular weight excluding hydrogens is 388 g/mol. The summed E-state index contributed by atoms with van der Waals surface area (Å²) >= 11 is 0. The summed E-state index contributed by atoms with van der Waals surface area (Å²) in [6.07, 6.45) is 3.54. The van der Waals surface area contributed by atoms with E-state index in [0.29, 0.717) is 35.2 Å². The predicted octanol–water partition coefficient (Wildman–Crippen LogP) is 2.93. The summed E-state index contributed by atoms with van der Waals surface area (Å²) in [4.78, 5) is 23.8. The van der Waals surface area contributed by atoms with Gasteiger partial charge in [0.1, 0.15) is 11.6 Å². The molecule has 0 saturated carbocycles. The molecule has 4 rings (SSSR count). The highest BCUT2D eigenvalue weighted by atomic mass is 19.1. The van der Waals surface area contributed by atoms with Gasteiger partial charge in [0.05, 0.1) is 12.6 Å². The first-order valence-corrected chi connectivity index (χ1v) is 9.69. The molecule has 0 aliphatic carbocycles. The molecule has 3 N–H and O–H groups in total. The van der Waals surface area contributed by atoms with Crippen molar-refractivity contribution in [2.45, 2.75) is 18.9 Å². The molecule has 1 unspecified atom stereocenters. The molecule has 8 heteroatoms. The quantitative estimate of drug-likeness (QED) is 0.818. The molecule has 0 radical (unpaired) electrons. The van der Waals surface area contributed by atoms with Crippen molar-refractivity contribution >= 4 is 23.4 Å². The van der Waals surface area contributed by atoms with Gasteiger partial charge in [0.15, 0.2) is 5.84 Å². The number of benzene rings is 2. The highest BCUT2D eigenvalue weighted by Crippen LogP contribution is 2.21. The Morgan fingerprint density at radius 2 is 1.70 bits per heavy atom. The van der Waals surface area contributed by atoms with Gasteiger partial charge in [-0.15, -0.1) is 0 Å². The molecule has 154 valence electrons. The molecule has 2 heterocycles. The van der Waals surface area contributed by atoms with Crippen LogP contribution in [0.1, 0.15) is 28.8 Å². The van der Waals surface area contributed by atoms with Gasteiger partial charge in [-0.1, -0.05) is 12.1 Å². The first kappa shape index (κ1) is 19.8. The zero-order valence-electron chi connectivity index (χ0n) is 16.2. The minimum atomic E-state index is -0.409. The SMILES string of the molecule is NC(=CC1=NCC2CCCN2C(NC(=O)c2ccc(F)cc2)=N1)c1ccc(F)cc1. The average Bonchev–Trinajstić information content (AvgIpc) is 3.15. The Hall–Kier alpha value is -3.55. The summed E-state index contributed by atoms with van der Waals surface area (Å²) in [5.74, 6) is -0.361. The fourth-order valence-corrected chi connectivity index (χ4v) is 3.53. The van der Waals surface area contributed by atoms with E-state index in [4.69, 9.17) is 5.73 Å². The van der Waals surface area contributed by atoms with Gasteiger partial charge in [-0.25, -0.2) is 8.78 Å². The Labute approximate surface area is 172 Å². The highest BCUT2D eigenvalue weighted by Gasteiger charge is 2.30. The second-order valence-corrected chi connectivity index (χ2v) is 7.19. The first-order valence-electron chi connectivity index (χ1n) is 9.69. The van der Waals surface area contributed by atoms with Crippen LogP contribution in [-0.2, 0) is 0 Å². The van der Waals surface area contributed by atoms with E-state index < -0.39 is 5.82 Å². The Morgan fingerprint density at radius 3 is 2.37 bits per heavy atom. The molecule has 2 aromatic carbocycles. The number of amides is 1. The number of carbonyl (C=O) groups excluding carboxylic acids is 1. The van der Waals surface area contributed by atoms with Gasteiger partial charge in [-0.3, -0.25) is 15.1 Å². The summed E-state index contributed by atoms with van der Waals surface area (Å²) in [6, 6.07) is 11.3. The molecule has 1 atom stereocenters. The minimum Gasteiger partial charge on any atom is -0.398 e. The van der Waals surface area contributed by atoms with Crippen molar-refractivity contribution in [3.63, 3.8) is 0 Å². The van der Waals surface area contributed by atoms with E-state index in [1.807, 2.05) is 4.90 Å². The smallest absolute Gasteiger partial charge is 0.257 e. The van der Waals surface area contributed by atoms with Gasteiger partial charge in [-0.05, 0) is 54.8 Å². The summed E-state index contributed by atoms with van der Waals surface area (Å²) in [5.41, 5.74) is 7.52. The molecule has 0 spiro atoms. The molecular formula is C22H21F2N5O. The van der Waals surface area contributed by atoms with E-state index in [2.05, 4.69) is 15.3 Å². The molecule has 6 nitrogen and oxygen atoms in total. The van der Waals surface area contributed by atoms with Crippen LogP contribution in [0.4, 0.5) is 8.78 Å². The van der Waals surface area contributed by atoms with E-state index in [-0.39, 0.29) is 17.8 Å². The van der Waals surface area contributed by atoms with Crippen LogP contribution < -0.4 is 11.1 Å². The number of rotatable bonds is 3. The summed E-state index contributed by atoms with van der Waals surface area (Å²) < 4.78 is 26.3. The van der Waals surface area contributed by atoms with Crippen molar-refractivity contribution < 1.29 is 13.6 Å². The van der Waals surface area contributed by atoms with Gasteiger partial charge in [0.25, 0.3) is 5.91 Å². The number of hydrogen-bond donors (Lipinski definition) is 2. The van der Waals surface area contributed by atoms with Crippen molar-refractivity contribution in [3.05, 3.63) is 77.4 Å². The van der Waals surface area contributed by atoms with Crippen LogP contribution >= 0.6 is 0 Å². The number of guanidine groups is 1. The molecule has 2 aliphatic rings.